The van der Waals surface area contributed by atoms with Crippen LogP contribution in [-0.2, 0) is 9.53 Å². The molecule has 1 fully saturated rings. The molecule has 130 valence electrons. The van der Waals surface area contributed by atoms with Crippen molar-refractivity contribution in [1.29, 1.82) is 0 Å². The highest BCUT2D eigenvalue weighted by molar-refractivity contribution is 14.1. The normalized spacial score (nSPS) is 24.0. The predicted molar refractivity (Wildman–Crippen MR) is 95.0 cm³/mol. The molecule has 3 N–H and O–H groups in total. The number of halogens is 1. The third kappa shape index (κ3) is 3.17. The number of carbonyl (C=O) groups is 1. The molecule has 1 amide bonds. The van der Waals surface area contributed by atoms with Crippen LogP contribution in [0.2, 0.25) is 0 Å². The number of aliphatic hydroxyl groups is 1. The number of ether oxygens (including phenoxy) is 1. The van der Waals surface area contributed by atoms with Crippen LogP contribution in [-0.4, -0.2) is 47.2 Å². The first-order valence-electron chi connectivity index (χ1n) is 7.58. The molecule has 10 heteroatoms. The summed E-state index contributed by atoms with van der Waals surface area (Å²) >= 11 is 2.15. The van der Waals surface area contributed by atoms with E-state index in [1.54, 1.807) is 18.4 Å². The van der Waals surface area contributed by atoms with Gasteiger partial charge in [-0.3, -0.25) is 24.5 Å². The van der Waals surface area contributed by atoms with Crippen molar-refractivity contribution in [1.82, 2.24) is 19.5 Å². The molecule has 0 saturated carbocycles. The quantitative estimate of drug-likeness (QED) is 0.471. The van der Waals surface area contributed by atoms with E-state index in [9.17, 15) is 14.7 Å². The zero-order valence-corrected chi connectivity index (χ0v) is 15.4. The van der Waals surface area contributed by atoms with Crippen molar-refractivity contribution in [3.8, 4) is 0 Å². The fraction of sp³-hybridized carbons (Fsp3) is 0.571. The fourth-order valence-electron chi connectivity index (χ4n) is 2.48. The number of carbonyl (C=O) groups excluding carboxylic acids is 1. The lowest BCUT2D eigenvalue weighted by Crippen LogP contribution is -2.22. The van der Waals surface area contributed by atoms with Gasteiger partial charge in [0.1, 0.15) is 6.23 Å². The zero-order chi connectivity index (χ0) is 17.4. The van der Waals surface area contributed by atoms with E-state index in [-0.39, 0.29) is 29.4 Å². The Kier molecular flexibility index (Phi) is 4.88. The molecule has 1 aliphatic rings. The number of aliphatic hydroxyl groups excluding tert-OH is 1. The number of rotatable bonds is 4. The molecular weight excluding hydrogens is 429 g/mol. The summed E-state index contributed by atoms with van der Waals surface area (Å²) in [6.07, 6.45) is 0.559. The van der Waals surface area contributed by atoms with E-state index >= 15 is 0 Å². The van der Waals surface area contributed by atoms with Crippen molar-refractivity contribution in [2.45, 2.75) is 38.7 Å². The van der Waals surface area contributed by atoms with Crippen LogP contribution in [0.15, 0.2) is 11.1 Å². The maximum absolute atomic E-state index is 12.1. The van der Waals surface area contributed by atoms with Crippen LogP contribution < -0.4 is 10.9 Å². The number of aromatic amines is 1. The molecule has 0 unspecified atom stereocenters. The van der Waals surface area contributed by atoms with Crippen LogP contribution in [0.5, 0.6) is 0 Å². The van der Waals surface area contributed by atoms with Gasteiger partial charge in [0.2, 0.25) is 11.9 Å². The van der Waals surface area contributed by atoms with Gasteiger partial charge in [0.05, 0.1) is 18.5 Å². The molecule has 3 rings (SSSR count). The largest absolute Gasteiger partial charge is 0.390 e. The van der Waals surface area contributed by atoms with E-state index in [0.29, 0.717) is 16.5 Å². The van der Waals surface area contributed by atoms with E-state index < -0.39 is 17.9 Å². The van der Waals surface area contributed by atoms with Gasteiger partial charge in [0, 0.05) is 16.8 Å². The average molecular weight is 447 g/mol. The molecule has 24 heavy (non-hydrogen) atoms. The highest BCUT2D eigenvalue weighted by Gasteiger charge is 2.35. The monoisotopic (exact) mass is 447 g/mol. The Morgan fingerprint density at radius 3 is 3.00 bits per heavy atom. The summed E-state index contributed by atoms with van der Waals surface area (Å²) in [6, 6.07) is 0. The van der Waals surface area contributed by atoms with E-state index in [1.807, 2.05) is 0 Å². The Hall–Kier alpha value is -1.53. The van der Waals surface area contributed by atoms with Crippen LogP contribution in [0.3, 0.4) is 0 Å². The molecule has 0 aromatic carbocycles. The minimum absolute atomic E-state index is 0.0666. The smallest absolute Gasteiger partial charge is 0.280 e. The van der Waals surface area contributed by atoms with E-state index in [1.165, 1.54) is 6.33 Å². The maximum atomic E-state index is 12.1. The second-order valence-corrected chi connectivity index (χ2v) is 6.85. The van der Waals surface area contributed by atoms with Gasteiger partial charge in [0.25, 0.3) is 5.56 Å². The molecule has 2 aromatic heterocycles. The second-order valence-electron chi connectivity index (χ2n) is 5.97. The van der Waals surface area contributed by atoms with Crippen LogP contribution in [0.4, 0.5) is 5.95 Å². The summed E-state index contributed by atoms with van der Waals surface area (Å²) in [4.78, 5) is 34.8. The molecule has 0 aliphatic carbocycles. The summed E-state index contributed by atoms with van der Waals surface area (Å²) in [5, 5.41) is 12.6. The van der Waals surface area contributed by atoms with Crippen LogP contribution >= 0.6 is 22.6 Å². The van der Waals surface area contributed by atoms with Crippen molar-refractivity contribution < 1.29 is 14.6 Å². The van der Waals surface area contributed by atoms with Gasteiger partial charge in [-0.1, -0.05) is 36.4 Å². The summed E-state index contributed by atoms with van der Waals surface area (Å²) in [7, 11) is 0. The van der Waals surface area contributed by atoms with E-state index in [0.717, 1.165) is 0 Å². The highest BCUT2D eigenvalue weighted by atomic mass is 127. The molecule has 3 atom stereocenters. The lowest BCUT2D eigenvalue weighted by atomic mass is 10.2. The van der Waals surface area contributed by atoms with Crippen molar-refractivity contribution >= 4 is 45.6 Å². The summed E-state index contributed by atoms with van der Waals surface area (Å²) in [5.41, 5.74) is 0.0273. The molecule has 0 spiro atoms. The van der Waals surface area contributed by atoms with E-state index in [4.69, 9.17) is 4.74 Å². The number of nitrogens with zero attached hydrogens (tertiary/aromatic N) is 3. The van der Waals surface area contributed by atoms with Crippen LogP contribution in [0, 0.1) is 5.92 Å². The summed E-state index contributed by atoms with van der Waals surface area (Å²) in [6.45, 7) is 3.49. The van der Waals surface area contributed by atoms with Gasteiger partial charge in [-0.2, -0.15) is 4.98 Å². The van der Waals surface area contributed by atoms with Crippen molar-refractivity contribution in [2.75, 3.05) is 9.74 Å². The molecule has 3 heterocycles. The zero-order valence-electron chi connectivity index (χ0n) is 13.2. The third-order valence-corrected chi connectivity index (χ3v) is 4.73. The SMILES string of the molecule is CC(C)C(=O)Nc1nc2c(ncn2[C@H]2C[C@H](O)[C@@H](CI)O2)c(=O)[nH]1. The first-order chi connectivity index (χ1) is 11.4. The third-order valence-electron chi connectivity index (χ3n) is 3.86. The number of fused-ring (bicyclic) bond motifs is 1. The molecule has 1 saturated heterocycles. The lowest BCUT2D eigenvalue weighted by Gasteiger charge is -2.14. The summed E-state index contributed by atoms with van der Waals surface area (Å²) in [5.74, 6) is -0.424. The van der Waals surface area contributed by atoms with Crippen molar-refractivity contribution in [2.24, 2.45) is 5.92 Å². The van der Waals surface area contributed by atoms with Gasteiger partial charge in [-0.15, -0.1) is 0 Å². The Bertz CT molecular complexity index is 817. The molecule has 1 aliphatic heterocycles. The molecule has 9 nitrogen and oxygen atoms in total. The fourth-order valence-corrected chi connectivity index (χ4v) is 3.28. The van der Waals surface area contributed by atoms with Crippen molar-refractivity contribution in [3.63, 3.8) is 0 Å². The minimum Gasteiger partial charge on any atom is -0.390 e. The Morgan fingerprint density at radius 2 is 2.38 bits per heavy atom. The molecule has 0 bridgehead atoms. The lowest BCUT2D eigenvalue weighted by molar-refractivity contribution is -0.118. The van der Waals surface area contributed by atoms with Crippen LogP contribution in [0.1, 0.15) is 26.5 Å². The minimum atomic E-state index is -0.577. The number of anilines is 1. The maximum Gasteiger partial charge on any atom is 0.280 e. The number of amides is 1. The number of hydrogen-bond acceptors (Lipinski definition) is 6. The second kappa shape index (κ2) is 6.76. The Labute approximate surface area is 151 Å². The van der Waals surface area contributed by atoms with Gasteiger partial charge < -0.3 is 9.84 Å². The van der Waals surface area contributed by atoms with Crippen molar-refractivity contribution in [3.05, 3.63) is 16.7 Å². The predicted octanol–water partition coefficient (Wildman–Crippen LogP) is 0.798. The highest BCUT2D eigenvalue weighted by Crippen LogP contribution is 2.31. The standard InChI is InChI=1S/C14H18IN5O4/c1-6(2)12(22)18-14-17-11-10(13(23)19-14)16-5-20(11)9-3-7(21)8(4-15)24-9/h5-9,21H,3-4H2,1-2H3,(H2,17,18,19,22,23)/t7-,8+,9+/m0/s1. The van der Waals surface area contributed by atoms with Gasteiger partial charge in [-0.05, 0) is 0 Å². The first-order valence-corrected chi connectivity index (χ1v) is 9.10. The molecular formula is C14H18IN5O4. The number of nitrogens with one attached hydrogen (secondary N) is 2. The van der Waals surface area contributed by atoms with Gasteiger partial charge in [0.15, 0.2) is 11.2 Å². The Balaban J connectivity index is 1.97. The van der Waals surface area contributed by atoms with Crippen LogP contribution in [0.25, 0.3) is 11.2 Å². The van der Waals surface area contributed by atoms with E-state index in [2.05, 4.69) is 42.9 Å². The first kappa shape index (κ1) is 17.3. The number of hydrogen-bond donors (Lipinski definition) is 3. The average Bonchev–Trinajstić information content (AvgIpc) is 3.10. The Morgan fingerprint density at radius 1 is 1.62 bits per heavy atom. The number of imidazole rings is 1. The topological polar surface area (TPSA) is 122 Å². The molecule has 2 aromatic rings. The summed E-state index contributed by atoms with van der Waals surface area (Å²) < 4.78 is 8.07. The number of alkyl halides is 1. The van der Waals surface area contributed by atoms with Gasteiger partial charge in [-0.25, -0.2) is 4.98 Å². The molecule has 0 radical (unpaired) electrons. The van der Waals surface area contributed by atoms with Gasteiger partial charge >= 0.3 is 0 Å². The number of aromatic nitrogens is 4. The number of H-pyrrole nitrogens is 1.